The van der Waals surface area contributed by atoms with E-state index in [1.807, 2.05) is 35.2 Å². The number of nitrogens with one attached hydrogen (secondary N) is 1. The normalized spacial score (nSPS) is 14.6. The highest BCUT2D eigenvalue weighted by Crippen LogP contribution is 2.35. The van der Waals surface area contributed by atoms with E-state index in [0.29, 0.717) is 29.6 Å². The molecule has 1 saturated heterocycles. The van der Waals surface area contributed by atoms with Gasteiger partial charge in [-0.3, -0.25) is 20.4 Å². The average molecular weight is 448 g/mol. The molecule has 0 aliphatic carbocycles. The Morgan fingerprint density at radius 3 is 2.79 bits per heavy atom. The summed E-state index contributed by atoms with van der Waals surface area (Å²) in [4.78, 5) is 30.4. The molecule has 1 aliphatic rings. The summed E-state index contributed by atoms with van der Waals surface area (Å²) in [6, 6.07) is 10.7. The van der Waals surface area contributed by atoms with Crippen LogP contribution in [0.4, 0.5) is 20.5 Å². The summed E-state index contributed by atoms with van der Waals surface area (Å²) in [6.45, 7) is 1.31. The molecule has 2 amide bonds. The van der Waals surface area contributed by atoms with Gasteiger partial charge in [0.2, 0.25) is 0 Å². The van der Waals surface area contributed by atoms with Gasteiger partial charge in [-0.15, -0.1) is 22.7 Å². The highest BCUT2D eigenvalue weighted by atomic mass is 32.2. The number of anilines is 2. The Hall–Kier alpha value is -2.63. The van der Waals surface area contributed by atoms with Crippen molar-refractivity contribution in [1.82, 2.24) is 4.98 Å². The van der Waals surface area contributed by atoms with Crippen molar-refractivity contribution in [2.24, 2.45) is 4.36 Å². The van der Waals surface area contributed by atoms with Gasteiger partial charge in [0.05, 0.1) is 20.5 Å². The fourth-order valence-electron chi connectivity index (χ4n) is 2.91. The molecule has 150 valence electrons. The maximum atomic E-state index is 12.3. The van der Waals surface area contributed by atoms with Crippen LogP contribution >= 0.6 is 22.7 Å². The summed E-state index contributed by atoms with van der Waals surface area (Å²) in [5, 5.41) is 17.1. The summed E-state index contributed by atoms with van der Waals surface area (Å²) in [6.07, 6.45) is 1.74. The van der Waals surface area contributed by atoms with Gasteiger partial charge in [0.25, 0.3) is 0 Å². The lowest BCUT2D eigenvalue weighted by Crippen LogP contribution is -2.37. The van der Waals surface area contributed by atoms with E-state index in [0.717, 1.165) is 15.6 Å². The number of rotatable bonds is 4. The Morgan fingerprint density at radius 2 is 2.07 bits per heavy atom. The van der Waals surface area contributed by atoms with E-state index < -0.39 is 0 Å². The molecule has 1 N–H and O–H groups in total. The number of nitro groups is 1. The maximum absolute atomic E-state index is 12.3. The lowest BCUT2D eigenvalue weighted by Gasteiger charge is -2.28. The number of urea groups is 1. The fraction of sp³-hybridized carbons (Fsp3) is 0.222. The van der Waals surface area contributed by atoms with Crippen LogP contribution < -0.4 is 10.2 Å². The molecule has 0 aromatic carbocycles. The van der Waals surface area contributed by atoms with Gasteiger partial charge in [-0.25, -0.2) is 4.79 Å². The van der Waals surface area contributed by atoms with Gasteiger partial charge >= 0.3 is 11.7 Å². The number of carbonyl (C=O) groups excluding carboxylic acids is 1. The summed E-state index contributed by atoms with van der Waals surface area (Å²) >= 11 is 2.83. The number of hydrogen-bond acceptors (Lipinski definition) is 7. The molecule has 0 saturated carbocycles. The van der Waals surface area contributed by atoms with Gasteiger partial charge in [0.1, 0.15) is 0 Å². The molecule has 8 nitrogen and oxygen atoms in total. The first kappa shape index (κ1) is 19.7. The van der Waals surface area contributed by atoms with Gasteiger partial charge in [-0.2, -0.15) is 4.36 Å². The first-order valence-corrected chi connectivity index (χ1v) is 12.0. The average Bonchev–Trinajstić information content (AvgIpc) is 3.39. The third-order valence-electron chi connectivity index (χ3n) is 4.27. The van der Waals surface area contributed by atoms with Crippen molar-refractivity contribution in [3.8, 4) is 10.6 Å². The minimum atomic E-state index is -0.379. The molecule has 0 bridgehead atoms. The van der Waals surface area contributed by atoms with Crippen molar-refractivity contribution < 1.29 is 9.72 Å². The Kier molecular flexibility index (Phi) is 5.97. The number of nitrogens with zero attached hydrogens (tertiary/aromatic N) is 4. The molecule has 29 heavy (non-hydrogen) atoms. The van der Waals surface area contributed by atoms with Crippen LogP contribution in [-0.4, -0.2) is 40.5 Å². The number of carbonyl (C=O) groups is 1. The molecule has 4 heterocycles. The highest BCUT2D eigenvalue weighted by molar-refractivity contribution is 7.87. The van der Waals surface area contributed by atoms with Crippen LogP contribution in [0.25, 0.3) is 10.6 Å². The molecule has 11 heteroatoms. The van der Waals surface area contributed by atoms with Crippen LogP contribution in [0.5, 0.6) is 0 Å². The number of amides is 2. The first-order valence-electron chi connectivity index (χ1n) is 8.78. The second-order valence-electron chi connectivity index (χ2n) is 6.13. The minimum Gasteiger partial charge on any atom is -0.356 e. The van der Waals surface area contributed by atoms with Gasteiger partial charge in [0, 0.05) is 36.9 Å². The van der Waals surface area contributed by atoms with Crippen LogP contribution in [0.15, 0.2) is 52.3 Å². The van der Waals surface area contributed by atoms with Crippen LogP contribution in [0.3, 0.4) is 0 Å². The zero-order valence-electron chi connectivity index (χ0n) is 15.2. The van der Waals surface area contributed by atoms with Crippen molar-refractivity contribution in [2.45, 2.75) is 0 Å². The van der Waals surface area contributed by atoms with Gasteiger partial charge < -0.3 is 4.90 Å². The van der Waals surface area contributed by atoms with Crippen LogP contribution in [-0.2, 0) is 10.7 Å². The standard InChI is InChI=1S/C18H17N5O3S3/c24-18(20-16-5-4-15(28-16)13-3-1-2-7-19-13)21-29-11-8-22(9-12-29)17-14(23(25)26)6-10-27-17/h1-7,10H,8-9,11-12H2,(H,20,24). The van der Waals surface area contributed by atoms with Crippen LogP contribution in [0.1, 0.15) is 0 Å². The summed E-state index contributed by atoms with van der Waals surface area (Å²) < 4.78 is 4.30. The summed E-state index contributed by atoms with van der Waals surface area (Å²) in [5.41, 5.74) is 1.01. The van der Waals surface area contributed by atoms with E-state index in [9.17, 15) is 14.9 Å². The first-order chi connectivity index (χ1) is 14.1. The Labute approximate surface area is 177 Å². The van der Waals surface area contributed by atoms with Crippen molar-refractivity contribution in [2.75, 3.05) is 34.8 Å². The minimum absolute atomic E-state index is 0.146. The number of aromatic nitrogens is 1. The second-order valence-corrected chi connectivity index (χ2v) is 10.0. The van der Waals surface area contributed by atoms with E-state index >= 15 is 0 Å². The molecule has 0 atom stereocenters. The number of thiophene rings is 2. The lowest BCUT2D eigenvalue weighted by atomic mass is 10.3. The smallest absolute Gasteiger partial charge is 0.351 e. The van der Waals surface area contributed by atoms with Gasteiger partial charge in [0.15, 0.2) is 5.00 Å². The second kappa shape index (κ2) is 8.80. The molecule has 3 aromatic heterocycles. The largest absolute Gasteiger partial charge is 0.356 e. The zero-order valence-corrected chi connectivity index (χ0v) is 17.6. The Balaban J connectivity index is 1.35. The monoisotopic (exact) mass is 447 g/mol. The number of hydrogen-bond donors (Lipinski definition) is 1. The maximum Gasteiger partial charge on any atom is 0.351 e. The van der Waals surface area contributed by atoms with Crippen LogP contribution in [0, 0.1) is 10.1 Å². The zero-order chi connectivity index (χ0) is 20.2. The van der Waals surface area contributed by atoms with Crippen molar-refractivity contribution in [3.63, 3.8) is 0 Å². The predicted molar refractivity (Wildman–Crippen MR) is 119 cm³/mol. The Morgan fingerprint density at radius 1 is 1.24 bits per heavy atom. The van der Waals surface area contributed by atoms with E-state index in [-0.39, 0.29) is 27.3 Å². The van der Waals surface area contributed by atoms with E-state index in [1.54, 1.807) is 11.6 Å². The molecule has 0 unspecified atom stereocenters. The number of pyridine rings is 1. The van der Waals surface area contributed by atoms with Crippen molar-refractivity contribution >= 4 is 55.1 Å². The third-order valence-corrected chi connectivity index (χ3v) is 7.99. The van der Waals surface area contributed by atoms with Crippen LogP contribution in [0.2, 0.25) is 0 Å². The molecule has 0 radical (unpaired) electrons. The molecular formula is C18H17N5O3S3. The molecule has 4 rings (SSSR count). The van der Waals surface area contributed by atoms with Gasteiger partial charge in [-0.1, -0.05) is 16.8 Å². The Bertz CT molecular complexity index is 1050. The van der Waals surface area contributed by atoms with Gasteiger partial charge in [-0.05, 0) is 29.6 Å². The van der Waals surface area contributed by atoms with Crippen molar-refractivity contribution in [1.29, 1.82) is 0 Å². The molecule has 0 spiro atoms. The molecule has 1 fully saturated rings. The lowest BCUT2D eigenvalue weighted by molar-refractivity contribution is -0.383. The van der Waals surface area contributed by atoms with E-state index in [4.69, 9.17) is 0 Å². The quantitative estimate of drug-likeness (QED) is 0.464. The SMILES string of the molecule is O=C(N=S1CCN(c2sccc2[N+](=O)[O-])CC1)Nc1ccc(-c2ccccn2)s1. The third kappa shape index (κ3) is 4.69. The van der Waals surface area contributed by atoms with Crippen molar-refractivity contribution in [3.05, 3.63) is 58.1 Å². The molecule has 3 aromatic rings. The predicted octanol–water partition coefficient (Wildman–Crippen LogP) is 4.63. The summed E-state index contributed by atoms with van der Waals surface area (Å²) in [5.74, 6) is 1.43. The summed E-state index contributed by atoms with van der Waals surface area (Å²) in [7, 11) is -0.379. The topological polar surface area (TPSA) is 101 Å². The highest BCUT2D eigenvalue weighted by Gasteiger charge is 2.24. The van der Waals surface area contributed by atoms with E-state index in [2.05, 4.69) is 14.7 Å². The fourth-order valence-corrected chi connectivity index (χ4v) is 6.23. The molecular weight excluding hydrogens is 430 g/mol. The molecule has 1 aliphatic heterocycles. The van der Waals surface area contributed by atoms with E-state index in [1.165, 1.54) is 28.7 Å².